The van der Waals surface area contributed by atoms with E-state index in [9.17, 15) is 27.2 Å². The lowest BCUT2D eigenvalue weighted by molar-refractivity contribution is -0.136. The molecule has 8 nitrogen and oxygen atoms in total. The Kier molecular flexibility index (Phi) is 9.02. The van der Waals surface area contributed by atoms with E-state index >= 15 is 0 Å². The Morgan fingerprint density at radius 3 is 2.23 bits per heavy atom. The zero-order valence-corrected chi connectivity index (χ0v) is 28.1. The predicted octanol–water partition coefficient (Wildman–Crippen LogP) is 7.86. The molecule has 2 heterocycles. The number of ketones is 1. The molecule has 0 bridgehead atoms. The second kappa shape index (κ2) is 11.6. The number of carbonyl (C=O) groups is 2. The second-order valence-electron chi connectivity index (χ2n) is 15.0. The zero-order valence-electron chi connectivity index (χ0n) is 27.1. The number of rotatable bonds is 7. The SMILES string of the molecule is CC(C)(C)OC(=O)N1[C@H](COc2cc(C(F)(F)F)c3c(c2)ncn3C2CC(C)(O[Si](C)(C)C(C)(C)C)C2)CC(=O)C[C@@H]1CF. The molecule has 246 valence electrons. The summed E-state index contributed by atoms with van der Waals surface area (Å²) in [6.07, 6.45) is -3.26. The molecule has 2 aromatic rings. The van der Waals surface area contributed by atoms with Gasteiger partial charge in [-0.15, -0.1) is 0 Å². The summed E-state index contributed by atoms with van der Waals surface area (Å²) in [6.45, 7) is 16.5. The third kappa shape index (κ3) is 7.24. The van der Waals surface area contributed by atoms with Gasteiger partial charge in [0.25, 0.3) is 0 Å². The Morgan fingerprint density at radius 2 is 1.68 bits per heavy atom. The van der Waals surface area contributed by atoms with Crippen LogP contribution in [0.5, 0.6) is 5.75 Å². The van der Waals surface area contributed by atoms with Crippen molar-refractivity contribution in [3.8, 4) is 5.75 Å². The van der Waals surface area contributed by atoms with Crippen molar-refractivity contribution in [3.05, 3.63) is 24.0 Å². The van der Waals surface area contributed by atoms with Crippen LogP contribution in [0, 0.1) is 0 Å². The van der Waals surface area contributed by atoms with Gasteiger partial charge in [-0.2, -0.15) is 13.2 Å². The van der Waals surface area contributed by atoms with Crippen LogP contribution in [0.1, 0.15) is 85.8 Å². The molecule has 1 aromatic heterocycles. The molecule has 0 N–H and O–H groups in total. The van der Waals surface area contributed by atoms with Crippen LogP contribution in [-0.4, -0.2) is 71.2 Å². The van der Waals surface area contributed by atoms with Crippen molar-refractivity contribution in [1.82, 2.24) is 14.5 Å². The van der Waals surface area contributed by atoms with Crippen LogP contribution in [0.2, 0.25) is 18.1 Å². The zero-order chi connectivity index (χ0) is 33.0. The van der Waals surface area contributed by atoms with Crippen molar-refractivity contribution in [1.29, 1.82) is 0 Å². The summed E-state index contributed by atoms with van der Waals surface area (Å²) >= 11 is 0. The van der Waals surface area contributed by atoms with E-state index in [1.807, 2.05) is 6.92 Å². The highest BCUT2D eigenvalue weighted by Gasteiger charge is 2.50. The first-order valence-corrected chi connectivity index (χ1v) is 17.9. The molecule has 2 fully saturated rings. The summed E-state index contributed by atoms with van der Waals surface area (Å²) in [5.74, 6) is -0.384. The Morgan fingerprint density at radius 1 is 1.07 bits per heavy atom. The molecule has 13 heteroatoms. The quantitative estimate of drug-likeness (QED) is 0.226. The highest BCUT2D eigenvalue weighted by Crippen LogP contribution is 2.50. The summed E-state index contributed by atoms with van der Waals surface area (Å²) in [4.78, 5) is 30.8. The van der Waals surface area contributed by atoms with E-state index in [1.54, 1.807) is 25.3 Å². The minimum absolute atomic E-state index is 0.00425. The van der Waals surface area contributed by atoms with Crippen LogP contribution >= 0.6 is 0 Å². The number of fused-ring (bicyclic) bond motifs is 1. The van der Waals surface area contributed by atoms with Crippen LogP contribution in [0.3, 0.4) is 0 Å². The molecule has 0 radical (unpaired) electrons. The Bertz CT molecular complexity index is 1390. The fraction of sp³-hybridized carbons (Fsp3) is 0.710. The van der Waals surface area contributed by atoms with Crippen molar-refractivity contribution < 1.29 is 41.1 Å². The summed E-state index contributed by atoms with van der Waals surface area (Å²) < 4.78 is 76.6. The van der Waals surface area contributed by atoms with Gasteiger partial charge in [0.2, 0.25) is 0 Å². The number of aromatic nitrogens is 2. The molecule has 0 spiro atoms. The van der Waals surface area contributed by atoms with Gasteiger partial charge in [-0.05, 0) is 64.7 Å². The third-order valence-electron chi connectivity index (χ3n) is 8.92. The average Bonchev–Trinajstić information content (AvgIpc) is 3.25. The van der Waals surface area contributed by atoms with E-state index in [4.69, 9.17) is 13.9 Å². The van der Waals surface area contributed by atoms with Crippen molar-refractivity contribution in [2.75, 3.05) is 13.3 Å². The average molecular weight is 644 g/mol. The lowest BCUT2D eigenvalue weighted by atomic mass is 9.77. The highest BCUT2D eigenvalue weighted by molar-refractivity contribution is 6.74. The summed E-state index contributed by atoms with van der Waals surface area (Å²) in [6, 6.07) is 0.163. The van der Waals surface area contributed by atoms with E-state index in [0.717, 1.165) is 11.0 Å². The molecule has 1 saturated heterocycles. The van der Waals surface area contributed by atoms with Gasteiger partial charge in [0.1, 0.15) is 30.4 Å². The smallest absolute Gasteiger partial charge is 0.418 e. The number of halogens is 4. The number of likely N-dealkylation sites (tertiary alicyclic amines) is 1. The minimum Gasteiger partial charge on any atom is -0.491 e. The van der Waals surface area contributed by atoms with Crippen LogP contribution in [0.15, 0.2) is 18.5 Å². The number of nitrogens with zero attached hydrogens (tertiary/aromatic N) is 3. The summed E-state index contributed by atoms with van der Waals surface area (Å²) in [5, 5.41) is 0.00425. The number of carbonyl (C=O) groups excluding carboxylic acids is 2. The van der Waals surface area contributed by atoms with Gasteiger partial charge in [0.05, 0.1) is 40.6 Å². The number of alkyl halides is 4. The first kappa shape index (κ1) is 34.2. The Balaban J connectivity index is 1.58. The van der Waals surface area contributed by atoms with Crippen LogP contribution in [0.25, 0.3) is 11.0 Å². The molecule has 0 unspecified atom stereocenters. The van der Waals surface area contributed by atoms with Crippen molar-refractivity contribution >= 4 is 31.2 Å². The second-order valence-corrected chi connectivity index (χ2v) is 19.7. The lowest BCUT2D eigenvalue weighted by Gasteiger charge is -2.52. The molecule has 1 aromatic carbocycles. The van der Waals surface area contributed by atoms with Gasteiger partial charge < -0.3 is 18.5 Å². The number of benzene rings is 1. The number of piperidine rings is 1. The van der Waals surface area contributed by atoms with Crippen molar-refractivity contribution in [3.63, 3.8) is 0 Å². The highest BCUT2D eigenvalue weighted by atomic mass is 28.4. The topological polar surface area (TPSA) is 82.9 Å². The fourth-order valence-corrected chi connectivity index (χ4v) is 7.59. The molecular weight excluding hydrogens is 598 g/mol. The normalized spacial score (nSPS) is 25.2. The molecule has 44 heavy (non-hydrogen) atoms. The molecule has 1 saturated carbocycles. The van der Waals surface area contributed by atoms with Gasteiger partial charge in [0, 0.05) is 24.9 Å². The van der Waals surface area contributed by atoms with Gasteiger partial charge in [-0.3, -0.25) is 9.69 Å². The molecular formula is C31H45F4N3O5Si. The van der Waals surface area contributed by atoms with Crippen LogP contribution in [0.4, 0.5) is 22.4 Å². The maximum atomic E-state index is 14.4. The number of ether oxygens (including phenoxy) is 2. The molecule has 1 aliphatic carbocycles. The number of Topliss-reactive ketones (excluding diaryl/α,β-unsaturated/α-hetero) is 1. The Labute approximate surface area is 257 Å². The number of imidazole rings is 1. The number of hydrogen-bond acceptors (Lipinski definition) is 6. The van der Waals surface area contributed by atoms with E-state index < -0.39 is 56.1 Å². The standard InChI is InChI=1S/C31H45F4N3O5Si/c1-28(2,3)42-27(40)38-19(16-32)10-22(39)11-20(38)17-41-23-12-24(31(33,34)35)26-25(13-23)36-18-37(26)21-14-30(7,15-21)43-44(8,9)29(4,5)6/h12-13,18-21H,10-11,14-17H2,1-9H3/t19-,20+,21?,30?/m1/s1. The number of hydrogen-bond donors (Lipinski definition) is 0. The van der Waals surface area contributed by atoms with Crippen LogP contribution < -0.4 is 4.74 Å². The maximum absolute atomic E-state index is 14.4. The van der Waals surface area contributed by atoms with Gasteiger partial charge >= 0.3 is 12.3 Å². The first-order valence-electron chi connectivity index (χ1n) is 15.0. The number of amides is 1. The van der Waals surface area contributed by atoms with Crippen LogP contribution in [-0.2, 0) is 20.1 Å². The summed E-state index contributed by atoms with van der Waals surface area (Å²) in [7, 11) is -2.08. The Hall–Kier alpha value is -2.67. The van der Waals surface area contributed by atoms with Crippen molar-refractivity contribution in [2.24, 2.45) is 0 Å². The summed E-state index contributed by atoms with van der Waals surface area (Å²) in [5.41, 5.74) is -2.12. The molecule has 1 aliphatic heterocycles. The maximum Gasteiger partial charge on any atom is 0.418 e. The lowest BCUT2D eigenvalue weighted by Crippen LogP contribution is -2.56. The minimum atomic E-state index is -4.71. The van der Waals surface area contributed by atoms with Gasteiger partial charge in [0.15, 0.2) is 8.32 Å². The third-order valence-corrected chi connectivity index (χ3v) is 13.5. The predicted molar refractivity (Wildman–Crippen MR) is 161 cm³/mol. The largest absolute Gasteiger partial charge is 0.491 e. The molecule has 2 aliphatic rings. The molecule has 4 rings (SSSR count). The molecule has 2 atom stereocenters. The molecule has 1 amide bonds. The monoisotopic (exact) mass is 643 g/mol. The van der Waals surface area contributed by atoms with E-state index in [0.29, 0.717) is 12.8 Å². The van der Waals surface area contributed by atoms with Gasteiger partial charge in [-0.1, -0.05) is 20.8 Å². The van der Waals surface area contributed by atoms with Gasteiger partial charge in [-0.25, -0.2) is 14.2 Å². The van der Waals surface area contributed by atoms with Crippen molar-refractivity contribution in [2.45, 2.75) is 128 Å². The van der Waals surface area contributed by atoms with E-state index in [1.165, 1.54) is 12.4 Å². The van der Waals surface area contributed by atoms with E-state index in [2.05, 4.69) is 38.8 Å². The first-order chi connectivity index (χ1) is 20.0. The fourth-order valence-electron chi connectivity index (χ4n) is 5.88. The van der Waals surface area contributed by atoms with E-state index in [-0.39, 0.29) is 53.1 Å².